The summed E-state index contributed by atoms with van der Waals surface area (Å²) in [6.45, 7) is 0.737. The summed E-state index contributed by atoms with van der Waals surface area (Å²) in [6.07, 6.45) is 0. The summed E-state index contributed by atoms with van der Waals surface area (Å²) in [5.74, 6) is -0.447. The SMILES string of the molecule is COc1cc(Cl)ccc1C(=O)N1CCN(S(=O)(=O)c2ccc3c(c2)oc(=O)n3C)CC1. The molecule has 1 amide bonds. The van der Waals surface area contributed by atoms with E-state index in [4.69, 9.17) is 20.8 Å². The molecule has 1 saturated heterocycles. The first-order valence-electron chi connectivity index (χ1n) is 9.45. The number of hydrogen-bond acceptors (Lipinski definition) is 6. The lowest BCUT2D eigenvalue weighted by Crippen LogP contribution is -2.50. The summed E-state index contributed by atoms with van der Waals surface area (Å²) in [7, 11) is -0.801. The molecule has 0 aliphatic carbocycles. The van der Waals surface area contributed by atoms with Crippen LogP contribution >= 0.6 is 11.6 Å². The Morgan fingerprint density at radius 3 is 2.48 bits per heavy atom. The van der Waals surface area contributed by atoms with Gasteiger partial charge in [0.05, 0.1) is 23.1 Å². The molecule has 1 aliphatic heterocycles. The van der Waals surface area contributed by atoms with Crippen LogP contribution in [0.5, 0.6) is 5.75 Å². The number of aromatic nitrogens is 1. The second-order valence-corrected chi connectivity index (χ2v) is 9.47. The molecule has 31 heavy (non-hydrogen) atoms. The number of hydrogen-bond donors (Lipinski definition) is 0. The Balaban J connectivity index is 1.51. The van der Waals surface area contributed by atoms with Gasteiger partial charge in [0.1, 0.15) is 5.75 Å². The minimum Gasteiger partial charge on any atom is -0.496 e. The van der Waals surface area contributed by atoms with Crippen molar-refractivity contribution < 1.29 is 22.4 Å². The summed E-state index contributed by atoms with van der Waals surface area (Å²) in [5.41, 5.74) is 1.08. The molecule has 0 unspecified atom stereocenters. The number of sulfonamides is 1. The second kappa shape index (κ2) is 8.03. The van der Waals surface area contributed by atoms with E-state index in [1.54, 1.807) is 36.2 Å². The van der Waals surface area contributed by atoms with Gasteiger partial charge in [-0.2, -0.15) is 4.31 Å². The number of benzene rings is 2. The minimum atomic E-state index is -3.81. The predicted octanol–water partition coefficient (Wildman–Crippen LogP) is 1.94. The van der Waals surface area contributed by atoms with Gasteiger partial charge in [0, 0.05) is 44.3 Å². The molecule has 2 aromatic carbocycles. The average molecular weight is 466 g/mol. The standard InChI is InChI=1S/C20H20ClN3O6S/c1-22-16-6-4-14(12-18(16)30-20(22)26)31(27,28)24-9-7-23(8-10-24)19(25)15-5-3-13(21)11-17(15)29-2/h3-6,11-12H,7-10H2,1-2H3. The molecule has 9 nitrogen and oxygen atoms in total. The number of rotatable bonds is 4. The fourth-order valence-electron chi connectivity index (χ4n) is 3.57. The van der Waals surface area contributed by atoms with E-state index in [9.17, 15) is 18.0 Å². The maximum atomic E-state index is 13.1. The van der Waals surface area contributed by atoms with Gasteiger partial charge in [-0.15, -0.1) is 0 Å². The van der Waals surface area contributed by atoms with Crippen molar-refractivity contribution in [2.24, 2.45) is 7.05 Å². The first-order chi connectivity index (χ1) is 14.7. The topological polar surface area (TPSA) is 102 Å². The third-order valence-corrected chi connectivity index (χ3v) is 7.45. The summed E-state index contributed by atoms with van der Waals surface area (Å²) in [6, 6.07) is 9.10. The van der Waals surface area contributed by atoms with Gasteiger partial charge in [0.2, 0.25) is 10.0 Å². The van der Waals surface area contributed by atoms with Crippen molar-refractivity contribution in [2.75, 3.05) is 33.3 Å². The van der Waals surface area contributed by atoms with Crippen molar-refractivity contribution in [3.63, 3.8) is 0 Å². The smallest absolute Gasteiger partial charge is 0.419 e. The predicted molar refractivity (Wildman–Crippen MR) is 114 cm³/mol. The molecule has 0 atom stereocenters. The van der Waals surface area contributed by atoms with Crippen LogP contribution in [-0.2, 0) is 17.1 Å². The van der Waals surface area contributed by atoms with E-state index in [1.807, 2.05) is 0 Å². The van der Waals surface area contributed by atoms with Gasteiger partial charge < -0.3 is 14.1 Å². The van der Waals surface area contributed by atoms with E-state index < -0.39 is 15.8 Å². The van der Waals surface area contributed by atoms with Crippen molar-refractivity contribution in [1.82, 2.24) is 13.8 Å². The van der Waals surface area contributed by atoms with Gasteiger partial charge in [-0.05, 0) is 30.3 Å². The highest BCUT2D eigenvalue weighted by atomic mass is 35.5. The monoisotopic (exact) mass is 465 g/mol. The summed E-state index contributed by atoms with van der Waals surface area (Å²) in [5, 5.41) is 0.454. The van der Waals surface area contributed by atoms with E-state index in [0.29, 0.717) is 21.9 Å². The van der Waals surface area contributed by atoms with Crippen LogP contribution in [0.2, 0.25) is 5.02 Å². The largest absolute Gasteiger partial charge is 0.496 e. The Morgan fingerprint density at radius 2 is 1.81 bits per heavy atom. The molecule has 0 saturated carbocycles. The summed E-state index contributed by atoms with van der Waals surface area (Å²) in [4.78, 5) is 26.2. The number of oxazole rings is 1. The zero-order valence-corrected chi connectivity index (χ0v) is 18.4. The first kappa shape index (κ1) is 21.4. The fourth-order valence-corrected chi connectivity index (χ4v) is 5.17. The van der Waals surface area contributed by atoms with Crippen molar-refractivity contribution in [3.8, 4) is 5.75 Å². The number of aryl methyl sites for hydroxylation is 1. The molecule has 0 bridgehead atoms. The minimum absolute atomic E-state index is 0.0356. The summed E-state index contributed by atoms with van der Waals surface area (Å²) < 4.78 is 39.1. The Labute approximate surface area is 183 Å². The highest BCUT2D eigenvalue weighted by molar-refractivity contribution is 7.89. The molecule has 1 aliphatic rings. The van der Waals surface area contributed by atoms with Gasteiger partial charge in [-0.25, -0.2) is 13.2 Å². The highest BCUT2D eigenvalue weighted by Gasteiger charge is 2.31. The van der Waals surface area contributed by atoms with Gasteiger partial charge in [-0.3, -0.25) is 9.36 Å². The van der Waals surface area contributed by atoms with Gasteiger partial charge >= 0.3 is 5.76 Å². The molecule has 2 heterocycles. The number of nitrogens with zero attached hydrogens (tertiary/aromatic N) is 3. The van der Waals surface area contributed by atoms with E-state index in [-0.39, 0.29) is 42.6 Å². The number of ether oxygens (including phenoxy) is 1. The molecule has 1 fully saturated rings. The van der Waals surface area contributed by atoms with Crippen LogP contribution in [0, 0.1) is 0 Å². The van der Waals surface area contributed by atoms with Crippen LogP contribution in [0.15, 0.2) is 50.5 Å². The van der Waals surface area contributed by atoms with Crippen LogP contribution in [-0.4, -0.2) is 61.4 Å². The van der Waals surface area contributed by atoms with E-state index >= 15 is 0 Å². The molecular formula is C20H20ClN3O6S. The van der Waals surface area contributed by atoms with Crippen LogP contribution in [0.4, 0.5) is 0 Å². The average Bonchev–Trinajstić information content (AvgIpc) is 3.06. The van der Waals surface area contributed by atoms with Crippen LogP contribution in [0.3, 0.4) is 0 Å². The Bertz CT molecular complexity index is 1320. The van der Waals surface area contributed by atoms with E-state index in [1.165, 1.54) is 28.1 Å². The normalized spacial score (nSPS) is 15.4. The first-order valence-corrected chi connectivity index (χ1v) is 11.3. The van der Waals surface area contributed by atoms with Crippen molar-refractivity contribution >= 4 is 38.6 Å². The lowest BCUT2D eigenvalue weighted by molar-refractivity contribution is 0.0694. The Kier molecular flexibility index (Phi) is 5.54. The Hall–Kier alpha value is -2.82. The number of halogens is 1. The molecule has 0 radical (unpaired) electrons. The van der Waals surface area contributed by atoms with Gasteiger partial charge in [-0.1, -0.05) is 11.6 Å². The fraction of sp³-hybridized carbons (Fsp3) is 0.300. The molecule has 4 rings (SSSR count). The molecule has 11 heteroatoms. The third-order valence-electron chi connectivity index (χ3n) is 5.32. The van der Waals surface area contributed by atoms with Gasteiger partial charge in [0.15, 0.2) is 5.58 Å². The zero-order chi connectivity index (χ0) is 22.3. The molecule has 0 N–H and O–H groups in total. The lowest BCUT2D eigenvalue weighted by atomic mass is 10.1. The van der Waals surface area contributed by atoms with Crippen LogP contribution < -0.4 is 10.5 Å². The Morgan fingerprint density at radius 1 is 1.10 bits per heavy atom. The number of fused-ring (bicyclic) bond motifs is 1. The molecule has 3 aromatic rings. The third kappa shape index (κ3) is 3.82. The number of carbonyl (C=O) groups is 1. The lowest BCUT2D eigenvalue weighted by Gasteiger charge is -2.34. The molecule has 0 spiro atoms. The number of carbonyl (C=O) groups excluding carboxylic acids is 1. The van der Waals surface area contributed by atoms with Crippen LogP contribution in [0.25, 0.3) is 11.1 Å². The van der Waals surface area contributed by atoms with E-state index in [0.717, 1.165) is 0 Å². The van der Waals surface area contributed by atoms with E-state index in [2.05, 4.69) is 0 Å². The maximum Gasteiger partial charge on any atom is 0.419 e. The maximum absolute atomic E-state index is 13.1. The van der Waals surface area contributed by atoms with Crippen molar-refractivity contribution in [2.45, 2.75) is 4.90 Å². The number of amides is 1. The highest BCUT2D eigenvalue weighted by Crippen LogP contribution is 2.26. The molecular weight excluding hydrogens is 446 g/mol. The number of methoxy groups -OCH3 is 1. The van der Waals surface area contributed by atoms with Crippen molar-refractivity contribution in [1.29, 1.82) is 0 Å². The van der Waals surface area contributed by atoms with Crippen LogP contribution in [0.1, 0.15) is 10.4 Å². The summed E-state index contributed by atoms with van der Waals surface area (Å²) >= 11 is 5.96. The number of piperazine rings is 1. The quantitative estimate of drug-likeness (QED) is 0.583. The molecule has 1 aromatic heterocycles. The molecule has 164 valence electrons. The van der Waals surface area contributed by atoms with Crippen molar-refractivity contribution in [3.05, 3.63) is 57.5 Å². The zero-order valence-electron chi connectivity index (χ0n) is 16.9. The van der Waals surface area contributed by atoms with Gasteiger partial charge in [0.25, 0.3) is 5.91 Å². The second-order valence-electron chi connectivity index (χ2n) is 7.10.